The summed E-state index contributed by atoms with van der Waals surface area (Å²) in [5.74, 6) is -1.25. The number of rotatable bonds is 3. The summed E-state index contributed by atoms with van der Waals surface area (Å²) in [7, 11) is 1.86. The van der Waals surface area contributed by atoms with Crippen LogP contribution in [0.25, 0.3) is 22.5 Å². The third-order valence-electron chi connectivity index (χ3n) is 6.26. The molecule has 0 bridgehead atoms. The average Bonchev–Trinajstić information content (AvgIpc) is 3.30. The maximum absolute atomic E-state index is 14.2. The monoisotopic (exact) mass is 432 g/mol. The fourth-order valence-electron chi connectivity index (χ4n) is 4.54. The van der Waals surface area contributed by atoms with Gasteiger partial charge >= 0.3 is 0 Å². The molecule has 0 radical (unpaired) electrons. The van der Waals surface area contributed by atoms with E-state index < -0.39 is 11.9 Å². The molecule has 1 aromatic heterocycles. The molecule has 3 amide bonds. The summed E-state index contributed by atoms with van der Waals surface area (Å²) < 4.78 is 16.1. The highest BCUT2D eigenvalue weighted by atomic mass is 19.1. The molecule has 7 nitrogen and oxygen atoms in total. The Kier molecular flexibility index (Phi) is 4.65. The van der Waals surface area contributed by atoms with E-state index in [1.165, 1.54) is 11.0 Å². The van der Waals surface area contributed by atoms with Crippen molar-refractivity contribution in [3.05, 3.63) is 65.2 Å². The zero-order valence-corrected chi connectivity index (χ0v) is 17.7. The predicted octanol–water partition coefficient (Wildman–Crippen LogP) is 2.96. The number of aromatic nitrogens is 2. The van der Waals surface area contributed by atoms with Crippen LogP contribution in [-0.2, 0) is 23.2 Å². The van der Waals surface area contributed by atoms with Crippen LogP contribution in [0.15, 0.2) is 42.7 Å². The first-order valence-electron chi connectivity index (χ1n) is 10.4. The van der Waals surface area contributed by atoms with Gasteiger partial charge in [0.05, 0.1) is 17.7 Å². The van der Waals surface area contributed by atoms with Crippen LogP contribution in [0.3, 0.4) is 0 Å². The third kappa shape index (κ3) is 3.10. The highest BCUT2D eigenvalue weighted by Crippen LogP contribution is 2.36. The molecule has 8 heteroatoms. The molecule has 1 atom stereocenters. The second-order valence-electron chi connectivity index (χ2n) is 8.24. The van der Waals surface area contributed by atoms with Gasteiger partial charge in [0, 0.05) is 36.7 Å². The maximum atomic E-state index is 14.2. The summed E-state index contributed by atoms with van der Waals surface area (Å²) in [6.07, 6.45) is 2.22. The van der Waals surface area contributed by atoms with E-state index in [2.05, 4.69) is 10.3 Å². The second-order valence-corrected chi connectivity index (χ2v) is 8.24. The number of halogens is 1. The van der Waals surface area contributed by atoms with Crippen LogP contribution in [0, 0.1) is 12.7 Å². The minimum Gasteiger partial charge on any atom is -0.333 e. The van der Waals surface area contributed by atoms with Gasteiger partial charge in [0.25, 0.3) is 5.91 Å². The van der Waals surface area contributed by atoms with Gasteiger partial charge in [-0.25, -0.2) is 9.37 Å². The van der Waals surface area contributed by atoms with Crippen LogP contribution >= 0.6 is 0 Å². The largest absolute Gasteiger partial charge is 0.333 e. The van der Waals surface area contributed by atoms with Crippen molar-refractivity contribution in [1.82, 2.24) is 19.8 Å². The number of aryl methyl sites for hydroxylation is 1. The van der Waals surface area contributed by atoms with E-state index in [0.717, 1.165) is 22.4 Å². The lowest BCUT2D eigenvalue weighted by Gasteiger charge is -2.29. The van der Waals surface area contributed by atoms with Crippen LogP contribution in [-0.4, -0.2) is 38.2 Å². The number of benzene rings is 2. The number of hydrogen-bond donors (Lipinski definition) is 1. The fourth-order valence-corrected chi connectivity index (χ4v) is 4.54. The first-order chi connectivity index (χ1) is 15.3. The minimum atomic E-state index is -0.656. The topological polar surface area (TPSA) is 84.3 Å². The number of nitrogens with one attached hydrogen (secondary N) is 1. The number of carbonyl (C=O) groups is 3. The Morgan fingerprint density at radius 3 is 2.72 bits per heavy atom. The normalized spacial score (nSPS) is 18.2. The molecule has 1 unspecified atom stereocenters. The van der Waals surface area contributed by atoms with Crippen molar-refractivity contribution in [1.29, 1.82) is 0 Å². The second kappa shape index (κ2) is 7.40. The van der Waals surface area contributed by atoms with Crippen LogP contribution in [0.2, 0.25) is 0 Å². The Hall–Kier alpha value is -3.81. The summed E-state index contributed by atoms with van der Waals surface area (Å²) in [5.41, 5.74) is 4.91. The lowest BCUT2D eigenvalue weighted by Crippen LogP contribution is -2.52. The van der Waals surface area contributed by atoms with Gasteiger partial charge in [-0.15, -0.1) is 0 Å². The van der Waals surface area contributed by atoms with Gasteiger partial charge in [-0.1, -0.05) is 18.2 Å². The van der Waals surface area contributed by atoms with Gasteiger partial charge < -0.3 is 9.47 Å². The smallest absolute Gasteiger partial charge is 0.255 e. The van der Waals surface area contributed by atoms with Crippen LogP contribution in [0.1, 0.15) is 34.3 Å². The van der Waals surface area contributed by atoms with Crippen molar-refractivity contribution in [3.63, 3.8) is 0 Å². The fraction of sp³-hybridized carbons (Fsp3) is 0.250. The van der Waals surface area contributed by atoms with Gasteiger partial charge in [0.2, 0.25) is 11.8 Å². The summed E-state index contributed by atoms with van der Waals surface area (Å²) in [6.45, 7) is 2.02. The number of imide groups is 1. The molecule has 1 fully saturated rings. The Bertz CT molecular complexity index is 1300. The van der Waals surface area contributed by atoms with Gasteiger partial charge in [-0.05, 0) is 42.7 Å². The minimum absolute atomic E-state index is 0.214. The molecule has 2 aliphatic heterocycles. The highest BCUT2D eigenvalue weighted by Gasteiger charge is 2.39. The van der Waals surface area contributed by atoms with E-state index in [1.807, 2.05) is 29.8 Å². The molecule has 0 aliphatic carbocycles. The summed E-state index contributed by atoms with van der Waals surface area (Å²) >= 11 is 0. The van der Waals surface area contributed by atoms with Gasteiger partial charge in [-0.2, -0.15) is 0 Å². The quantitative estimate of drug-likeness (QED) is 0.645. The van der Waals surface area contributed by atoms with Crippen LogP contribution in [0.4, 0.5) is 4.39 Å². The molecule has 3 heterocycles. The van der Waals surface area contributed by atoms with Gasteiger partial charge in [-0.3, -0.25) is 19.7 Å². The number of carbonyl (C=O) groups excluding carboxylic acids is 3. The standard InChI is InChI=1S/C24H21FN4O3/c1-13-16(4-3-5-18(13)25)22-21(26-12-28(22)2)14-6-7-17-15(10-14)11-29(24(17)32)19-8-9-20(30)27-23(19)31/h3-7,10,12,19H,8-9,11H2,1-2H3,(H,27,30,31). The summed E-state index contributed by atoms with van der Waals surface area (Å²) in [6, 6.07) is 9.78. The molecular formula is C24H21FN4O3. The molecule has 2 aromatic carbocycles. The van der Waals surface area contributed by atoms with E-state index in [4.69, 9.17) is 0 Å². The third-order valence-corrected chi connectivity index (χ3v) is 6.26. The van der Waals surface area contributed by atoms with Crippen molar-refractivity contribution in [2.45, 2.75) is 32.4 Å². The molecule has 2 aliphatic rings. The molecule has 1 saturated heterocycles. The molecular weight excluding hydrogens is 411 g/mol. The first-order valence-corrected chi connectivity index (χ1v) is 10.4. The Morgan fingerprint density at radius 2 is 1.94 bits per heavy atom. The molecule has 0 spiro atoms. The summed E-state index contributed by atoms with van der Waals surface area (Å²) in [4.78, 5) is 42.7. The summed E-state index contributed by atoms with van der Waals surface area (Å²) in [5, 5.41) is 2.31. The maximum Gasteiger partial charge on any atom is 0.255 e. The molecule has 32 heavy (non-hydrogen) atoms. The van der Waals surface area contributed by atoms with Crippen molar-refractivity contribution in [3.8, 4) is 22.5 Å². The van der Waals surface area contributed by atoms with E-state index in [-0.39, 0.29) is 30.6 Å². The Morgan fingerprint density at radius 1 is 1.12 bits per heavy atom. The zero-order chi connectivity index (χ0) is 22.6. The average molecular weight is 432 g/mol. The number of fused-ring (bicyclic) bond motifs is 1. The Labute approximate surface area is 183 Å². The van der Waals surface area contributed by atoms with E-state index in [0.29, 0.717) is 23.2 Å². The zero-order valence-electron chi connectivity index (χ0n) is 17.7. The van der Waals surface area contributed by atoms with Crippen molar-refractivity contribution >= 4 is 17.7 Å². The van der Waals surface area contributed by atoms with E-state index in [1.54, 1.807) is 25.4 Å². The number of nitrogens with zero attached hydrogens (tertiary/aromatic N) is 3. The number of amides is 3. The van der Waals surface area contributed by atoms with Crippen molar-refractivity contribution in [2.24, 2.45) is 7.05 Å². The lowest BCUT2D eigenvalue weighted by molar-refractivity contribution is -0.136. The molecule has 162 valence electrons. The Balaban J connectivity index is 1.52. The van der Waals surface area contributed by atoms with Gasteiger partial charge in [0.15, 0.2) is 0 Å². The molecule has 1 N–H and O–H groups in total. The van der Waals surface area contributed by atoms with Crippen LogP contribution in [0.5, 0.6) is 0 Å². The number of hydrogen-bond acceptors (Lipinski definition) is 4. The molecule has 3 aromatic rings. The van der Waals surface area contributed by atoms with Crippen molar-refractivity contribution < 1.29 is 18.8 Å². The number of piperidine rings is 1. The number of imidazole rings is 1. The van der Waals surface area contributed by atoms with Crippen molar-refractivity contribution in [2.75, 3.05) is 0 Å². The molecule has 5 rings (SSSR count). The molecule has 0 saturated carbocycles. The highest BCUT2D eigenvalue weighted by molar-refractivity contribution is 6.05. The predicted molar refractivity (Wildman–Crippen MR) is 115 cm³/mol. The van der Waals surface area contributed by atoms with E-state index >= 15 is 0 Å². The SMILES string of the molecule is Cc1c(F)cccc1-c1c(-c2ccc3c(c2)CN(C2CCC(=O)NC2=O)C3=O)ncn1C. The first kappa shape index (κ1) is 20.1. The van der Waals surface area contributed by atoms with Gasteiger partial charge in [0.1, 0.15) is 11.9 Å². The van der Waals surface area contributed by atoms with E-state index in [9.17, 15) is 18.8 Å². The van der Waals surface area contributed by atoms with Crippen LogP contribution < -0.4 is 5.32 Å². The lowest BCUT2D eigenvalue weighted by atomic mass is 9.98.